The Kier molecular flexibility index (Phi) is 30.3. The smallest absolute Gasteiger partial charge is 0.245 e. The van der Waals surface area contributed by atoms with Gasteiger partial charge < -0.3 is 92.0 Å². The Morgan fingerprint density at radius 1 is 0.592 bits per heavy atom. The third-order valence-electron chi connectivity index (χ3n) is 12.2. The van der Waals surface area contributed by atoms with Crippen LogP contribution in [0.4, 0.5) is 0 Å². The number of hydrogen-bond donors (Lipinski definition) is 17. The van der Waals surface area contributed by atoms with E-state index < -0.39 is 139 Å². The second-order valence-electron chi connectivity index (χ2n) is 19.2. The Morgan fingerprint density at radius 2 is 1.11 bits per heavy atom. The molecule has 0 spiro atoms. The van der Waals surface area contributed by atoms with Gasteiger partial charge >= 0.3 is 0 Å². The maximum Gasteiger partial charge on any atom is 0.245 e. The quantitative estimate of drug-likeness (QED) is 0.0428. The number of aliphatic hydroxyl groups is 2. The highest BCUT2D eigenvalue weighted by molar-refractivity contribution is 5.99. The molecule has 10 amide bonds. The molecule has 1 aliphatic rings. The summed E-state index contributed by atoms with van der Waals surface area (Å²) in [6, 6.07) is -4.53. The Morgan fingerprint density at radius 3 is 1.62 bits per heavy atom. The molecule has 2 rings (SSSR count). The summed E-state index contributed by atoms with van der Waals surface area (Å²) in [4.78, 5) is 139. The minimum Gasteiger partial charge on any atom is -0.391 e. The summed E-state index contributed by atoms with van der Waals surface area (Å²) in [7, 11) is 0. The topological polar surface area (TPSA) is 462 Å². The molecule has 0 saturated carbocycles. The first-order chi connectivity index (χ1) is 36.1. The van der Waals surface area contributed by atoms with Crippen LogP contribution >= 0.6 is 0 Å². The summed E-state index contributed by atoms with van der Waals surface area (Å²) in [5, 5.41) is 46.7. The van der Waals surface area contributed by atoms with Crippen LogP contribution in [0.3, 0.4) is 0 Å². The van der Waals surface area contributed by atoms with E-state index in [1.807, 2.05) is 0 Å². The van der Waals surface area contributed by atoms with Crippen LogP contribution in [0.1, 0.15) is 97.5 Å². The maximum atomic E-state index is 14.4. The molecule has 1 aliphatic heterocycles. The molecule has 27 nitrogen and oxygen atoms in total. The number of carbonyl (C=O) groups is 10. The van der Waals surface area contributed by atoms with E-state index in [1.165, 1.54) is 13.8 Å². The van der Waals surface area contributed by atoms with Gasteiger partial charge in [0.05, 0.1) is 12.2 Å². The molecule has 428 valence electrons. The maximum absolute atomic E-state index is 14.4. The fraction of sp³-hybridized carbons (Fsp3) is 0.673. The van der Waals surface area contributed by atoms with Crippen molar-refractivity contribution in [1.29, 1.82) is 0 Å². The lowest BCUT2D eigenvalue weighted by Crippen LogP contribution is -2.61. The summed E-state index contributed by atoms with van der Waals surface area (Å²) >= 11 is 0. The van der Waals surface area contributed by atoms with Crippen LogP contribution in [0.15, 0.2) is 30.3 Å². The Labute approximate surface area is 444 Å². The summed E-state index contributed by atoms with van der Waals surface area (Å²) in [6.07, 6.45) is -2.28. The number of unbranched alkanes of at least 4 members (excludes halogenated alkanes) is 2. The monoisotopic (exact) mass is 1080 g/mol. The van der Waals surface area contributed by atoms with Gasteiger partial charge in [0, 0.05) is 19.4 Å². The fourth-order valence-electron chi connectivity index (χ4n) is 8.03. The van der Waals surface area contributed by atoms with E-state index >= 15 is 0 Å². The van der Waals surface area contributed by atoms with E-state index in [0.717, 1.165) is 0 Å². The molecular weight excluding hydrogens is 991 g/mol. The van der Waals surface area contributed by atoms with Crippen molar-refractivity contribution in [2.45, 2.75) is 165 Å². The lowest BCUT2D eigenvalue weighted by molar-refractivity contribution is -0.136. The van der Waals surface area contributed by atoms with Crippen molar-refractivity contribution in [3.8, 4) is 0 Å². The van der Waals surface area contributed by atoms with E-state index in [-0.39, 0.29) is 77.0 Å². The van der Waals surface area contributed by atoms with E-state index in [0.29, 0.717) is 31.4 Å². The Balaban J connectivity index is 2.71. The van der Waals surface area contributed by atoms with Crippen molar-refractivity contribution >= 4 is 59.1 Å². The van der Waals surface area contributed by atoms with E-state index in [1.54, 1.807) is 44.2 Å². The number of nitrogens with one attached hydrogen (secondary N) is 10. The van der Waals surface area contributed by atoms with Crippen molar-refractivity contribution in [2.24, 2.45) is 34.6 Å². The van der Waals surface area contributed by atoms with Gasteiger partial charge in [0.2, 0.25) is 59.1 Å². The number of hydrogen-bond acceptors (Lipinski definition) is 17. The number of nitrogens with two attached hydrogens (primary N) is 5. The molecule has 1 heterocycles. The van der Waals surface area contributed by atoms with E-state index in [2.05, 4.69) is 53.2 Å². The van der Waals surface area contributed by atoms with Crippen LogP contribution in [0.25, 0.3) is 0 Å². The molecule has 0 aromatic heterocycles. The molecular formula is C49H85N15O12. The minimum absolute atomic E-state index is 0.0332. The van der Waals surface area contributed by atoms with E-state index in [4.69, 9.17) is 28.7 Å². The number of carbonyl (C=O) groups excluding carboxylic acids is 10. The molecule has 11 atom stereocenters. The highest BCUT2D eigenvalue weighted by Crippen LogP contribution is 2.11. The molecule has 27 heteroatoms. The third kappa shape index (κ3) is 23.3. The van der Waals surface area contributed by atoms with Crippen LogP contribution in [-0.4, -0.2) is 175 Å². The summed E-state index contributed by atoms with van der Waals surface area (Å²) < 4.78 is 0. The van der Waals surface area contributed by atoms with Gasteiger partial charge in [0.25, 0.3) is 0 Å². The lowest BCUT2D eigenvalue weighted by Gasteiger charge is -2.28. The first kappa shape index (κ1) is 65.8. The second-order valence-corrected chi connectivity index (χ2v) is 19.2. The molecule has 1 saturated heterocycles. The van der Waals surface area contributed by atoms with Gasteiger partial charge in [-0.15, -0.1) is 0 Å². The molecule has 0 radical (unpaired) electrons. The molecule has 1 fully saturated rings. The van der Waals surface area contributed by atoms with Gasteiger partial charge in [-0.1, -0.05) is 50.6 Å². The standard InChI is InChI=1S/C49H85N15O12/c1-27(2)25-36-46(73)58-31(14-20-51)41(68)57-34(17-23-54)45(72)64-39(28(3)65)48(75)55-24-18-35(44(71)56-32(15-21-52)43(70)62-37(47(74)61-36)26-30-11-7-5-8-12-30)59-42(69)33(16-22-53)60-49(76)40(29(4)66)63-38(67)13-9-6-10-19-50/h5,7-8,11-12,27-29,31-37,39-40,65-66H,6,9-10,13-26,50-54H2,1-4H3,(H,55,75)(H,56,71)(H,57,68)(H,58,73)(H,59,69)(H,60,76)(H,61,74)(H,62,70)(H,63,67)(H,64,72)/t28?,29?,31-,32-,33-,34-,35-,36-,37+,39-,40-/m0/s1. The molecule has 1 aromatic carbocycles. The molecule has 22 N–H and O–H groups in total. The fourth-order valence-corrected chi connectivity index (χ4v) is 8.03. The normalized spacial score (nSPS) is 23.4. The first-order valence-electron chi connectivity index (χ1n) is 26.0. The zero-order chi connectivity index (χ0) is 56.9. The van der Waals surface area contributed by atoms with Crippen LogP contribution in [0, 0.1) is 5.92 Å². The van der Waals surface area contributed by atoms with Crippen LogP contribution in [0.2, 0.25) is 0 Å². The predicted octanol–water partition coefficient (Wildman–Crippen LogP) is -6.17. The Bertz CT molecular complexity index is 2050. The van der Waals surface area contributed by atoms with Gasteiger partial charge in [0.15, 0.2) is 0 Å². The molecule has 76 heavy (non-hydrogen) atoms. The molecule has 2 unspecified atom stereocenters. The number of aliphatic hydroxyl groups excluding tert-OH is 2. The summed E-state index contributed by atoms with van der Waals surface area (Å²) in [5.41, 5.74) is 29.6. The van der Waals surface area contributed by atoms with Gasteiger partial charge in [-0.3, -0.25) is 47.9 Å². The van der Waals surface area contributed by atoms with Crippen molar-refractivity contribution < 1.29 is 58.2 Å². The summed E-state index contributed by atoms with van der Waals surface area (Å²) in [6.45, 7) is 5.48. The lowest BCUT2D eigenvalue weighted by atomic mass is 10.00. The highest BCUT2D eigenvalue weighted by atomic mass is 16.3. The van der Waals surface area contributed by atoms with Crippen molar-refractivity contribution in [3.63, 3.8) is 0 Å². The average Bonchev–Trinajstić information content (AvgIpc) is 3.36. The van der Waals surface area contributed by atoms with Crippen molar-refractivity contribution in [2.75, 3.05) is 39.3 Å². The number of rotatable bonds is 24. The third-order valence-corrected chi connectivity index (χ3v) is 12.2. The predicted molar refractivity (Wildman–Crippen MR) is 280 cm³/mol. The van der Waals surface area contributed by atoms with Crippen LogP contribution in [0.5, 0.6) is 0 Å². The molecule has 1 aromatic rings. The van der Waals surface area contributed by atoms with Crippen LogP contribution in [-0.2, 0) is 54.4 Å². The zero-order valence-electron chi connectivity index (χ0n) is 44.2. The largest absolute Gasteiger partial charge is 0.391 e. The number of amides is 10. The van der Waals surface area contributed by atoms with Crippen molar-refractivity contribution in [1.82, 2.24) is 53.2 Å². The number of benzene rings is 1. The van der Waals surface area contributed by atoms with E-state index in [9.17, 15) is 58.2 Å². The summed E-state index contributed by atoms with van der Waals surface area (Å²) in [5.74, 6) is -8.91. The molecule has 0 aliphatic carbocycles. The Hall–Kier alpha value is -6.36. The van der Waals surface area contributed by atoms with Crippen molar-refractivity contribution in [3.05, 3.63) is 35.9 Å². The minimum atomic E-state index is -1.66. The van der Waals surface area contributed by atoms with Gasteiger partial charge in [-0.25, -0.2) is 0 Å². The first-order valence-corrected chi connectivity index (χ1v) is 26.0. The van der Waals surface area contributed by atoms with Gasteiger partial charge in [0.1, 0.15) is 54.4 Å². The molecule has 0 bridgehead atoms. The van der Waals surface area contributed by atoms with Gasteiger partial charge in [-0.2, -0.15) is 0 Å². The SMILES string of the molecule is CC(C)C[C@@H]1NC(=O)[C@@H](Cc2ccccc2)NC(=O)[C@H](CCN)NC(=O)[C@@H](NC(=O)[C@H](CCN)NC(=O)[C@@H](NC(=O)CCCCCN)C(C)O)CCNC(=O)[C@H](C(C)O)NC(=O)[C@H](CCN)NC(=O)[C@H](CCN)NC1=O. The van der Waals surface area contributed by atoms with Crippen LogP contribution < -0.4 is 81.8 Å². The second kappa shape index (κ2) is 35.1. The average molecular weight is 1080 g/mol. The van der Waals surface area contributed by atoms with Gasteiger partial charge in [-0.05, 0) is 109 Å². The highest BCUT2D eigenvalue weighted by Gasteiger charge is 2.37. The zero-order valence-corrected chi connectivity index (χ0v) is 44.2.